The Morgan fingerprint density at radius 3 is 1.93 bits per heavy atom. The molecule has 0 bridgehead atoms. The summed E-state index contributed by atoms with van der Waals surface area (Å²) in [5.74, 6) is -4.13. The highest BCUT2D eigenvalue weighted by Gasteiger charge is 2.28. The molecular formula is C29H38N6O9. The Balaban J connectivity index is 2.01. The number of nitrogens with two attached hydrogens (primary N) is 1. The minimum Gasteiger partial charge on any atom is -0.508 e. The van der Waals surface area contributed by atoms with Crippen LogP contribution in [-0.4, -0.2) is 75.4 Å². The predicted octanol–water partition coefficient (Wildman–Crippen LogP) is 0.134. The number of nitro benzene ring substituents is 1. The Morgan fingerprint density at radius 2 is 1.39 bits per heavy atom. The molecule has 2 rings (SSSR count). The maximum atomic E-state index is 13.1. The zero-order chi connectivity index (χ0) is 33.0. The monoisotopic (exact) mass is 614 g/mol. The number of nitro groups is 1. The number of carbonyl (C=O) groups excluding carboxylic acids is 4. The van der Waals surface area contributed by atoms with Gasteiger partial charge in [0, 0.05) is 18.6 Å². The maximum Gasteiger partial charge on any atom is 0.326 e. The van der Waals surface area contributed by atoms with Gasteiger partial charge < -0.3 is 37.2 Å². The molecule has 0 fully saturated rings. The van der Waals surface area contributed by atoms with Crippen LogP contribution in [0.2, 0.25) is 0 Å². The highest BCUT2D eigenvalue weighted by atomic mass is 16.6. The zero-order valence-corrected chi connectivity index (χ0v) is 24.6. The molecule has 15 nitrogen and oxygen atoms in total. The number of carboxylic acid groups (broad SMARTS) is 1. The Hall–Kier alpha value is -5.05. The molecule has 44 heavy (non-hydrogen) atoms. The lowest BCUT2D eigenvalue weighted by Gasteiger charge is -2.23. The number of amides is 4. The zero-order valence-electron chi connectivity index (χ0n) is 24.6. The normalized spacial score (nSPS) is 13.6. The smallest absolute Gasteiger partial charge is 0.326 e. The summed E-state index contributed by atoms with van der Waals surface area (Å²) in [5.41, 5.74) is 6.91. The number of rotatable bonds is 16. The molecule has 0 unspecified atom stereocenters. The van der Waals surface area contributed by atoms with E-state index in [0.717, 1.165) is 0 Å². The number of hydrogen-bond donors (Lipinski definition) is 7. The van der Waals surface area contributed by atoms with Gasteiger partial charge in [-0.2, -0.15) is 0 Å². The topological polar surface area (TPSA) is 243 Å². The Kier molecular flexibility index (Phi) is 13.2. The van der Waals surface area contributed by atoms with Gasteiger partial charge in [-0.3, -0.25) is 29.3 Å². The first-order valence-electron chi connectivity index (χ1n) is 13.8. The summed E-state index contributed by atoms with van der Waals surface area (Å²) >= 11 is 0. The fourth-order valence-electron chi connectivity index (χ4n) is 4.09. The minimum atomic E-state index is -1.27. The Labute approximate surface area is 253 Å². The van der Waals surface area contributed by atoms with Crippen molar-refractivity contribution in [3.63, 3.8) is 0 Å². The molecule has 2 aromatic rings. The van der Waals surface area contributed by atoms with E-state index in [-0.39, 0.29) is 36.6 Å². The van der Waals surface area contributed by atoms with Crippen LogP contribution in [0.5, 0.6) is 5.75 Å². The predicted molar refractivity (Wildman–Crippen MR) is 158 cm³/mol. The summed E-state index contributed by atoms with van der Waals surface area (Å²) in [6.45, 7) is 4.39. The van der Waals surface area contributed by atoms with Gasteiger partial charge in [-0.05, 0) is 48.9 Å². The van der Waals surface area contributed by atoms with Crippen LogP contribution >= 0.6 is 0 Å². The molecule has 4 atom stereocenters. The van der Waals surface area contributed by atoms with E-state index in [0.29, 0.717) is 11.1 Å². The first-order chi connectivity index (χ1) is 20.7. The maximum absolute atomic E-state index is 13.1. The van der Waals surface area contributed by atoms with E-state index in [1.807, 2.05) is 0 Å². The molecule has 0 aliphatic carbocycles. The van der Waals surface area contributed by atoms with Gasteiger partial charge in [0.15, 0.2) is 0 Å². The number of benzene rings is 2. The summed E-state index contributed by atoms with van der Waals surface area (Å²) in [7, 11) is 0. The minimum absolute atomic E-state index is 0.0563. The van der Waals surface area contributed by atoms with Crippen LogP contribution in [0.1, 0.15) is 38.3 Å². The standard InChI is InChI=1S/C29H38N6O9/c1-16(2)12-24(29(41)42)34-28(40)23(14-19-4-8-20(9-5-19)35(43)44)33-25(37)15-31-26(38)17(3)32-27(39)22(30)13-18-6-10-21(36)11-7-18/h4-11,16-17,22-24,36H,12-15,30H2,1-3H3,(H,31,38)(H,32,39)(H,33,37)(H,34,40)(H,41,42)/t17-,22+,23+,24+/m1/s1. The summed E-state index contributed by atoms with van der Waals surface area (Å²) in [6.07, 6.45) is 0.168. The number of phenols is 1. The summed E-state index contributed by atoms with van der Waals surface area (Å²) in [4.78, 5) is 72.9. The van der Waals surface area contributed by atoms with Gasteiger partial charge in [0.25, 0.3) is 5.69 Å². The number of non-ortho nitro benzene ring substituents is 1. The van der Waals surface area contributed by atoms with E-state index in [1.165, 1.54) is 43.3 Å². The quantitative estimate of drug-likeness (QED) is 0.0995. The Bertz CT molecular complexity index is 1330. The summed E-state index contributed by atoms with van der Waals surface area (Å²) in [5, 5.41) is 39.6. The summed E-state index contributed by atoms with van der Waals surface area (Å²) in [6, 6.07) is 6.88. The lowest BCUT2D eigenvalue weighted by atomic mass is 10.0. The van der Waals surface area contributed by atoms with Crippen LogP contribution < -0.4 is 27.0 Å². The van der Waals surface area contributed by atoms with Gasteiger partial charge in [0.05, 0.1) is 17.5 Å². The molecule has 0 saturated heterocycles. The van der Waals surface area contributed by atoms with E-state index in [1.54, 1.807) is 26.0 Å². The van der Waals surface area contributed by atoms with Gasteiger partial charge in [0.1, 0.15) is 23.9 Å². The molecule has 0 aromatic heterocycles. The van der Waals surface area contributed by atoms with Gasteiger partial charge in [-0.15, -0.1) is 0 Å². The number of nitrogens with zero attached hydrogens (tertiary/aromatic N) is 1. The summed E-state index contributed by atoms with van der Waals surface area (Å²) < 4.78 is 0. The Morgan fingerprint density at radius 1 is 0.818 bits per heavy atom. The van der Waals surface area contributed by atoms with Crippen molar-refractivity contribution in [3.8, 4) is 5.75 Å². The van der Waals surface area contributed by atoms with Crippen LogP contribution in [0.25, 0.3) is 0 Å². The molecule has 0 heterocycles. The molecule has 0 saturated carbocycles. The average molecular weight is 615 g/mol. The van der Waals surface area contributed by atoms with Crippen LogP contribution in [-0.2, 0) is 36.8 Å². The molecule has 238 valence electrons. The van der Waals surface area contributed by atoms with E-state index in [2.05, 4.69) is 21.3 Å². The van der Waals surface area contributed by atoms with E-state index in [9.17, 15) is 44.3 Å². The molecule has 8 N–H and O–H groups in total. The van der Waals surface area contributed by atoms with Crippen molar-refractivity contribution in [2.45, 2.75) is 64.2 Å². The molecule has 0 spiro atoms. The van der Waals surface area contributed by atoms with Gasteiger partial charge in [-0.1, -0.05) is 38.1 Å². The number of hydrogen-bond acceptors (Lipinski definition) is 9. The highest BCUT2D eigenvalue weighted by Crippen LogP contribution is 2.14. The molecule has 2 aromatic carbocycles. The molecule has 4 amide bonds. The van der Waals surface area contributed by atoms with Crippen LogP contribution in [0.15, 0.2) is 48.5 Å². The van der Waals surface area contributed by atoms with Crippen LogP contribution in [0.3, 0.4) is 0 Å². The van der Waals surface area contributed by atoms with Gasteiger partial charge in [-0.25, -0.2) is 4.79 Å². The fourth-order valence-corrected chi connectivity index (χ4v) is 4.09. The largest absolute Gasteiger partial charge is 0.508 e. The van der Waals surface area contributed by atoms with Crippen molar-refractivity contribution in [1.82, 2.24) is 21.3 Å². The molecular weight excluding hydrogens is 576 g/mol. The number of phenolic OH excluding ortho intramolecular Hbond substituents is 1. The highest BCUT2D eigenvalue weighted by molar-refractivity contribution is 5.94. The second-order valence-electron chi connectivity index (χ2n) is 10.7. The van der Waals surface area contributed by atoms with Crippen LogP contribution in [0.4, 0.5) is 5.69 Å². The molecule has 0 aliphatic heterocycles. The third-order valence-corrected chi connectivity index (χ3v) is 6.46. The van der Waals surface area contributed by atoms with E-state index < -0.39 is 65.2 Å². The number of aliphatic carboxylic acids is 1. The molecule has 0 radical (unpaired) electrons. The van der Waals surface area contributed by atoms with E-state index >= 15 is 0 Å². The first-order valence-corrected chi connectivity index (χ1v) is 13.8. The number of carboxylic acids is 1. The van der Waals surface area contributed by atoms with Crippen molar-refractivity contribution < 1.29 is 39.1 Å². The second-order valence-corrected chi connectivity index (χ2v) is 10.7. The van der Waals surface area contributed by atoms with Crippen molar-refractivity contribution in [2.75, 3.05) is 6.54 Å². The molecule has 0 aliphatic rings. The average Bonchev–Trinajstić information content (AvgIpc) is 2.96. The van der Waals surface area contributed by atoms with Crippen molar-refractivity contribution in [1.29, 1.82) is 0 Å². The SMILES string of the molecule is CC(C)C[C@H](NC(=O)[C@H](Cc1ccc([N+](=O)[O-])cc1)NC(=O)CNC(=O)[C@@H](C)NC(=O)[C@@H](N)Cc1ccc(O)cc1)C(=O)O. The number of nitrogens with one attached hydrogen (secondary N) is 4. The fraction of sp³-hybridized carbons (Fsp3) is 0.414. The second kappa shape index (κ2) is 16.6. The number of carbonyl (C=O) groups is 5. The van der Waals surface area contributed by atoms with Crippen LogP contribution in [0, 0.1) is 16.0 Å². The third-order valence-electron chi connectivity index (χ3n) is 6.46. The van der Waals surface area contributed by atoms with Gasteiger partial charge >= 0.3 is 5.97 Å². The third kappa shape index (κ3) is 11.7. The van der Waals surface area contributed by atoms with Crippen molar-refractivity contribution in [2.24, 2.45) is 11.7 Å². The van der Waals surface area contributed by atoms with Gasteiger partial charge in [0.2, 0.25) is 23.6 Å². The van der Waals surface area contributed by atoms with Crippen molar-refractivity contribution >= 4 is 35.3 Å². The lowest BCUT2D eigenvalue weighted by molar-refractivity contribution is -0.384. The lowest BCUT2D eigenvalue weighted by Crippen LogP contribution is -2.55. The first kappa shape index (κ1) is 35.1. The molecule has 15 heteroatoms. The number of aromatic hydroxyl groups is 1. The van der Waals surface area contributed by atoms with E-state index in [4.69, 9.17) is 5.73 Å². The van der Waals surface area contributed by atoms with Crippen molar-refractivity contribution in [3.05, 3.63) is 69.8 Å².